The number of hydrogen-bond donors (Lipinski definition) is 0. The molecule has 1 aliphatic rings. The van der Waals surface area contributed by atoms with E-state index in [4.69, 9.17) is 4.74 Å². The fourth-order valence-electron chi connectivity index (χ4n) is 1.01. The first-order chi connectivity index (χ1) is 6.38. The zero-order chi connectivity index (χ0) is 9.10. The van der Waals surface area contributed by atoms with Gasteiger partial charge in [-0.2, -0.15) is 4.98 Å². The summed E-state index contributed by atoms with van der Waals surface area (Å²) in [5.74, 6) is 0. The molecule has 1 unspecified atom stereocenters. The third-order valence-electron chi connectivity index (χ3n) is 1.60. The van der Waals surface area contributed by atoms with Crippen molar-refractivity contribution < 1.29 is 4.74 Å². The summed E-state index contributed by atoms with van der Waals surface area (Å²) in [6.07, 6.45) is 8.97. The van der Waals surface area contributed by atoms with Crippen molar-refractivity contribution in [1.82, 2.24) is 14.5 Å². The molecule has 0 saturated heterocycles. The highest BCUT2D eigenvalue weighted by Gasteiger charge is 2.09. The van der Waals surface area contributed by atoms with Crippen LogP contribution in [0.3, 0.4) is 0 Å². The molecule has 2 rings (SSSR count). The molecule has 1 aromatic rings. The summed E-state index contributed by atoms with van der Waals surface area (Å²) in [6, 6.07) is 0. The van der Waals surface area contributed by atoms with Gasteiger partial charge in [-0.15, -0.1) is 0 Å². The second kappa shape index (κ2) is 3.22. The Morgan fingerprint density at radius 1 is 1.46 bits per heavy atom. The Labute approximate surface area is 74.0 Å². The summed E-state index contributed by atoms with van der Waals surface area (Å²) in [4.78, 5) is 18.4. The SMILES string of the molecule is O=c1ncncn1C1C=CC=CO1. The summed E-state index contributed by atoms with van der Waals surface area (Å²) in [6.45, 7) is 0. The van der Waals surface area contributed by atoms with E-state index in [1.165, 1.54) is 23.5 Å². The number of allylic oxidation sites excluding steroid dienone is 2. The lowest BCUT2D eigenvalue weighted by Crippen LogP contribution is -2.27. The average Bonchev–Trinajstić information content (AvgIpc) is 2.20. The first kappa shape index (κ1) is 7.72. The molecule has 0 amide bonds. The molecular formula is C8H7N3O2. The molecule has 1 aromatic heterocycles. The zero-order valence-electron chi connectivity index (χ0n) is 6.70. The Balaban J connectivity index is 2.36. The predicted molar refractivity (Wildman–Crippen MR) is 44.7 cm³/mol. The van der Waals surface area contributed by atoms with Crippen LogP contribution in [0.5, 0.6) is 0 Å². The zero-order valence-corrected chi connectivity index (χ0v) is 6.70. The standard InChI is InChI=1S/C8H7N3O2/c12-8-10-5-9-6-11(8)7-3-1-2-4-13-7/h1-7H. The number of aromatic nitrogens is 3. The summed E-state index contributed by atoms with van der Waals surface area (Å²) < 4.78 is 6.47. The molecule has 0 fully saturated rings. The van der Waals surface area contributed by atoms with E-state index in [1.807, 2.05) is 0 Å². The van der Waals surface area contributed by atoms with Gasteiger partial charge in [0.1, 0.15) is 12.7 Å². The van der Waals surface area contributed by atoms with Crippen molar-refractivity contribution in [3.05, 3.63) is 47.6 Å². The molecule has 0 spiro atoms. The maximum Gasteiger partial charge on any atom is 0.353 e. The van der Waals surface area contributed by atoms with Crippen LogP contribution in [0.2, 0.25) is 0 Å². The molecule has 0 aliphatic carbocycles. The lowest BCUT2D eigenvalue weighted by molar-refractivity contribution is 0.116. The average molecular weight is 177 g/mol. The Morgan fingerprint density at radius 2 is 2.38 bits per heavy atom. The maximum atomic E-state index is 11.2. The molecule has 0 bridgehead atoms. The summed E-state index contributed by atoms with van der Waals surface area (Å²) in [5, 5.41) is 0. The van der Waals surface area contributed by atoms with Crippen LogP contribution in [0.1, 0.15) is 6.23 Å². The van der Waals surface area contributed by atoms with E-state index in [9.17, 15) is 4.79 Å². The van der Waals surface area contributed by atoms with Crippen LogP contribution in [-0.2, 0) is 4.74 Å². The van der Waals surface area contributed by atoms with Crippen molar-refractivity contribution in [2.45, 2.75) is 6.23 Å². The summed E-state index contributed by atoms with van der Waals surface area (Å²) in [5.41, 5.74) is -0.375. The van der Waals surface area contributed by atoms with Gasteiger partial charge >= 0.3 is 5.69 Å². The van der Waals surface area contributed by atoms with Crippen molar-refractivity contribution in [3.63, 3.8) is 0 Å². The number of ether oxygens (including phenoxy) is 1. The fourth-order valence-corrected chi connectivity index (χ4v) is 1.01. The van der Waals surface area contributed by atoms with Crippen molar-refractivity contribution in [3.8, 4) is 0 Å². The lowest BCUT2D eigenvalue weighted by atomic mass is 10.4. The van der Waals surface area contributed by atoms with E-state index >= 15 is 0 Å². The molecule has 0 saturated carbocycles. The molecule has 1 aliphatic heterocycles. The molecule has 5 heteroatoms. The van der Waals surface area contributed by atoms with Crippen LogP contribution in [0.25, 0.3) is 0 Å². The fraction of sp³-hybridized carbons (Fsp3) is 0.125. The second-order valence-corrected chi connectivity index (χ2v) is 2.44. The largest absolute Gasteiger partial charge is 0.474 e. The molecule has 0 N–H and O–H groups in total. The third kappa shape index (κ3) is 1.48. The topological polar surface area (TPSA) is 57.0 Å². The first-order valence-electron chi connectivity index (χ1n) is 3.75. The van der Waals surface area contributed by atoms with Gasteiger partial charge in [0.2, 0.25) is 0 Å². The van der Waals surface area contributed by atoms with Gasteiger partial charge in [-0.25, -0.2) is 14.3 Å². The number of rotatable bonds is 1. The minimum absolute atomic E-state index is 0.375. The monoisotopic (exact) mass is 177 g/mol. The molecule has 0 aromatic carbocycles. The molecular weight excluding hydrogens is 170 g/mol. The Bertz CT molecular complexity index is 408. The first-order valence-corrected chi connectivity index (χ1v) is 3.75. The summed E-state index contributed by atoms with van der Waals surface area (Å²) in [7, 11) is 0. The van der Waals surface area contributed by atoms with E-state index < -0.39 is 6.23 Å². The highest BCUT2D eigenvalue weighted by molar-refractivity contribution is 5.06. The normalized spacial score (nSPS) is 19.8. The molecule has 2 heterocycles. The van der Waals surface area contributed by atoms with Crippen LogP contribution in [0.15, 0.2) is 41.9 Å². The molecule has 1 atom stereocenters. The predicted octanol–water partition coefficient (Wildman–Crippen LogP) is 0.237. The van der Waals surface area contributed by atoms with Crippen LogP contribution >= 0.6 is 0 Å². The van der Waals surface area contributed by atoms with Gasteiger partial charge in [-0.3, -0.25) is 0 Å². The minimum Gasteiger partial charge on any atom is -0.474 e. The van der Waals surface area contributed by atoms with Gasteiger partial charge in [0.25, 0.3) is 0 Å². The Morgan fingerprint density at radius 3 is 3.08 bits per heavy atom. The van der Waals surface area contributed by atoms with Crippen molar-refractivity contribution in [2.75, 3.05) is 0 Å². The highest BCUT2D eigenvalue weighted by Crippen LogP contribution is 2.10. The van der Waals surface area contributed by atoms with Gasteiger partial charge in [-0.1, -0.05) is 6.08 Å². The van der Waals surface area contributed by atoms with Crippen LogP contribution in [0.4, 0.5) is 0 Å². The van der Waals surface area contributed by atoms with Crippen LogP contribution in [0, 0.1) is 0 Å². The van der Waals surface area contributed by atoms with Gasteiger partial charge in [-0.05, 0) is 12.2 Å². The summed E-state index contributed by atoms with van der Waals surface area (Å²) >= 11 is 0. The van der Waals surface area contributed by atoms with E-state index in [1.54, 1.807) is 18.2 Å². The van der Waals surface area contributed by atoms with E-state index in [-0.39, 0.29) is 5.69 Å². The number of nitrogens with zero attached hydrogens (tertiary/aromatic N) is 3. The number of hydrogen-bond acceptors (Lipinski definition) is 4. The smallest absolute Gasteiger partial charge is 0.353 e. The van der Waals surface area contributed by atoms with E-state index in [0.29, 0.717) is 0 Å². The second-order valence-electron chi connectivity index (χ2n) is 2.44. The van der Waals surface area contributed by atoms with Crippen LogP contribution < -0.4 is 5.69 Å². The van der Waals surface area contributed by atoms with Crippen molar-refractivity contribution in [2.24, 2.45) is 0 Å². The van der Waals surface area contributed by atoms with Gasteiger partial charge in [0.15, 0.2) is 6.23 Å². The van der Waals surface area contributed by atoms with Crippen molar-refractivity contribution >= 4 is 0 Å². The highest BCUT2D eigenvalue weighted by atomic mass is 16.5. The van der Waals surface area contributed by atoms with E-state index in [2.05, 4.69) is 9.97 Å². The molecule has 13 heavy (non-hydrogen) atoms. The third-order valence-corrected chi connectivity index (χ3v) is 1.60. The minimum atomic E-state index is -0.432. The molecule has 0 radical (unpaired) electrons. The Kier molecular flexibility index (Phi) is 1.91. The van der Waals surface area contributed by atoms with Crippen LogP contribution in [-0.4, -0.2) is 14.5 Å². The van der Waals surface area contributed by atoms with Gasteiger partial charge < -0.3 is 4.74 Å². The maximum absolute atomic E-state index is 11.2. The van der Waals surface area contributed by atoms with Gasteiger partial charge in [0.05, 0.1) is 6.26 Å². The Hall–Kier alpha value is -1.91. The quantitative estimate of drug-likeness (QED) is 0.616. The van der Waals surface area contributed by atoms with E-state index in [0.717, 1.165) is 0 Å². The molecule has 66 valence electrons. The van der Waals surface area contributed by atoms with Crippen molar-refractivity contribution in [1.29, 1.82) is 0 Å². The van der Waals surface area contributed by atoms with Gasteiger partial charge in [0, 0.05) is 0 Å². The molecule has 5 nitrogen and oxygen atoms in total. The lowest BCUT2D eigenvalue weighted by Gasteiger charge is -2.15.